The molecular weight excluding hydrogens is 356 g/mol. The standard InChI is InChI=1S/C16H24N6O5/c1-9(17)15(25)22-4-2-3-12(22)14(24)19-7-13(23)21-11(16(26)27)5-10-6-18-8-20-10/h6,8-9,11-12H,2-5,7,17H2,1H3,(H,18,20)(H,19,24)(H,21,23)(H,26,27). The number of nitrogens with one attached hydrogen (secondary N) is 3. The van der Waals surface area contributed by atoms with Gasteiger partial charge in [-0.15, -0.1) is 0 Å². The van der Waals surface area contributed by atoms with Gasteiger partial charge in [0.25, 0.3) is 0 Å². The van der Waals surface area contributed by atoms with Crippen LogP contribution >= 0.6 is 0 Å². The zero-order valence-electron chi connectivity index (χ0n) is 15.0. The fourth-order valence-corrected chi connectivity index (χ4v) is 2.91. The highest BCUT2D eigenvalue weighted by Crippen LogP contribution is 2.18. The second kappa shape index (κ2) is 9.12. The molecule has 0 aliphatic carbocycles. The summed E-state index contributed by atoms with van der Waals surface area (Å²) in [6.45, 7) is 1.60. The van der Waals surface area contributed by atoms with E-state index in [4.69, 9.17) is 5.73 Å². The summed E-state index contributed by atoms with van der Waals surface area (Å²) in [6, 6.07) is -2.53. The van der Waals surface area contributed by atoms with E-state index in [0.717, 1.165) is 0 Å². The number of aromatic amines is 1. The number of nitrogens with zero attached hydrogens (tertiary/aromatic N) is 2. The second-order valence-corrected chi connectivity index (χ2v) is 6.44. The van der Waals surface area contributed by atoms with Crippen molar-refractivity contribution >= 4 is 23.7 Å². The van der Waals surface area contributed by atoms with Gasteiger partial charge >= 0.3 is 5.97 Å². The lowest BCUT2D eigenvalue weighted by Gasteiger charge is -2.25. The first-order valence-corrected chi connectivity index (χ1v) is 8.62. The van der Waals surface area contributed by atoms with Gasteiger partial charge in [-0.2, -0.15) is 0 Å². The second-order valence-electron chi connectivity index (χ2n) is 6.44. The number of hydrogen-bond acceptors (Lipinski definition) is 6. The molecule has 1 fully saturated rings. The summed E-state index contributed by atoms with van der Waals surface area (Å²) in [5.41, 5.74) is 6.15. The van der Waals surface area contributed by atoms with Crippen LogP contribution in [0.1, 0.15) is 25.5 Å². The van der Waals surface area contributed by atoms with Crippen molar-refractivity contribution in [2.24, 2.45) is 5.73 Å². The van der Waals surface area contributed by atoms with Crippen molar-refractivity contribution in [1.82, 2.24) is 25.5 Å². The molecule has 11 heteroatoms. The van der Waals surface area contributed by atoms with Crippen molar-refractivity contribution in [3.05, 3.63) is 18.2 Å². The maximum atomic E-state index is 12.3. The number of aliphatic carboxylic acids is 1. The van der Waals surface area contributed by atoms with Crippen LogP contribution in [0.4, 0.5) is 0 Å². The zero-order chi connectivity index (χ0) is 20.0. The van der Waals surface area contributed by atoms with Gasteiger partial charge in [0.15, 0.2) is 0 Å². The molecule has 6 N–H and O–H groups in total. The van der Waals surface area contributed by atoms with Gasteiger partial charge < -0.3 is 31.4 Å². The molecule has 0 saturated carbocycles. The number of aromatic nitrogens is 2. The van der Waals surface area contributed by atoms with Crippen molar-refractivity contribution in [2.45, 2.75) is 44.3 Å². The first kappa shape index (κ1) is 20.4. The summed E-state index contributed by atoms with van der Waals surface area (Å²) in [5, 5.41) is 14.0. The molecule has 2 heterocycles. The molecule has 1 aromatic rings. The molecular formula is C16H24N6O5. The number of imidazole rings is 1. The van der Waals surface area contributed by atoms with E-state index < -0.39 is 35.9 Å². The first-order valence-electron chi connectivity index (χ1n) is 8.62. The third-order valence-corrected chi connectivity index (χ3v) is 4.26. The van der Waals surface area contributed by atoms with Crippen molar-refractivity contribution < 1.29 is 24.3 Å². The van der Waals surface area contributed by atoms with Gasteiger partial charge in [0.05, 0.1) is 18.9 Å². The van der Waals surface area contributed by atoms with E-state index in [1.54, 1.807) is 6.92 Å². The van der Waals surface area contributed by atoms with E-state index in [1.165, 1.54) is 17.4 Å². The highest BCUT2D eigenvalue weighted by molar-refractivity contribution is 5.92. The maximum absolute atomic E-state index is 12.3. The molecule has 0 spiro atoms. The van der Waals surface area contributed by atoms with Gasteiger partial charge in [-0.3, -0.25) is 14.4 Å². The fraction of sp³-hybridized carbons (Fsp3) is 0.562. The molecule has 3 amide bonds. The van der Waals surface area contributed by atoms with Gasteiger partial charge in [-0.25, -0.2) is 9.78 Å². The number of carboxylic acid groups (broad SMARTS) is 1. The lowest BCUT2D eigenvalue weighted by Crippen LogP contribution is -2.52. The highest BCUT2D eigenvalue weighted by atomic mass is 16.4. The molecule has 148 valence electrons. The normalized spacial score (nSPS) is 18.6. The van der Waals surface area contributed by atoms with E-state index >= 15 is 0 Å². The van der Waals surface area contributed by atoms with Crippen molar-refractivity contribution in [2.75, 3.05) is 13.1 Å². The van der Waals surface area contributed by atoms with E-state index in [1.807, 2.05) is 0 Å². The smallest absolute Gasteiger partial charge is 0.326 e. The summed E-state index contributed by atoms with van der Waals surface area (Å²) in [4.78, 5) is 55.6. The molecule has 0 aromatic carbocycles. The topological polar surface area (TPSA) is 171 Å². The Balaban J connectivity index is 1.85. The number of carbonyl (C=O) groups is 4. The minimum atomic E-state index is -1.20. The van der Waals surface area contributed by atoms with Gasteiger partial charge in [-0.05, 0) is 19.8 Å². The fourth-order valence-electron chi connectivity index (χ4n) is 2.91. The van der Waals surface area contributed by atoms with Crippen LogP contribution in [-0.2, 0) is 25.6 Å². The molecule has 3 unspecified atom stereocenters. The molecule has 1 saturated heterocycles. The molecule has 1 aliphatic heterocycles. The third kappa shape index (κ3) is 5.51. The largest absolute Gasteiger partial charge is 0.480 e. The number of likely N-dealkylation sites (tertiary alicyclic amines) is 1. The minimum Gasteiger partial charge on any atom is -0.480 e. The molecule has 3 atom stereocenters. The Morgan fingerprint density at radius 3 is 2.78 bits per heavy atom. The first-order chi connectivity index (χ1) is 12.8. The quantitative estimate of drug-likeness (QED) is 0.346. The SMILES string of the molecule is CC(N)C(=O)N1CCCC1C(=O)NCC(=O)NC(Cc1cnc[nH]1)C(=O)O. The summed E-state index contributed by atoms with van der Waals surface area (Å²) in [6.07, 6.45) is 4.08. The molecule has 1 aliphatic rings. The Hall–Kier alpha value is -2.95. The predicted octanol–water partition coefficient (Wildman–Crippen LogP) is -2.02. The highest BCUT2D eigenvalue weighted by Gasteiger charge is 2.35. The molecule has 1 aromatic heterocycles. The average molecular weight is 380 g/mol. The van der Waals surface area contributed by atoms with Crippen LogP contribution in [0, 0.1) is 0 Å². The van der Waals surface area contributed by atoms with Gasteiger partial charge in [0.1, 0.15) is 12.1 Å². The van der Waals surface area contributed by atoms with Crippen LogP contribution in [0.25, 0.3) is 0 Å². The van der Waals surface area contributed by atoms with Gasteiger partial charge in [-0.1, -0.05) is 0 Å². The molecule has 27 heavy (non-hydrogen) atoms. The van der Waals surface area contributed by atoms with E-state index in [0.29, 0.717) is 25.1 Å². The van der Waals surface area contributed by atoms with E-state index in [9.17, 15) is 24.3 Å². The van der Waals surface area contributed by atoms with Crippen LogP contribution in [0.5, 0.6) is 0 Å². The van der Waals surface area contributed by atoms with Gasteiger partial charge in [0, 0.05) is 24.9 Å². The van der Waals surface area contributed by atoms with Gasteiger partial charge in [0.2, 0.25) is 17.7 Å². The van der Waals surface area contributed by atoms with Crippen molar-refractivity contribution in [3.8, 4) is 0 Å². The van der Waals surface area contributed by atoms with E-state index in [-0.39, 0.29) is 18.9 Å². The Bertz CT molecular complexity index is 689. The number of rotatable bonds is 8. The molecule has 11 nitrogen and oxygen atoms in total. The molecule has 0 radical (unpaired) electrons. The van der Waals surface area contributed by atoms with Crippen LogP contribution in [0.2, 0.25) is 0 Å². The summed E-state index contributed by atoms with van der Waals surface area (Å²) in [7, 11) is 0. The molecule has 2 rings (SSSR count). The van der Waals surface area contributed by atoms with Crippen LogP contribution in [0.15, 0.2) is 12.5 Å². The Morgan fingerprint density at radius 1 is 1.44 bits per heavy atom. The number of hydrogen-bond donors (Lipinski definition) is 5. The van der Waals surface area contributed by atoms with Crippen LogP contribution < -0.4 is 16.4 Å². The van der Waals surface area contributed by atoms with Crippen molar-refractivity contribution in [3.63, 3.8) is 0 Å². The zero-order valence-corrected chi connectivity index (χ0v) is 15.0. The lowest BCUT2D eigenvalue weighted by atomic mass is 10.1. The number of carbonyl (C=O) groups excluding carboxylic acids is 3. The lowest BCUT2D eigenvalue weighted by molar-refractivity contribution is -0.142. The Morgan fingerprint density at radius 2 is 2.19 bits per heavy atom. The number of amides is 3. The Kier molecular flexibility index (Phi) is 6.88. The van der Waals surface area contributed by atoms with Crippen LogP contribution in [-0.4, -0.2) is 74.9 Å². The monoisotopic (exact) mass is 380 g/mol. The Labute approximate surface area is 155 Å². The number of nitrogens with two attached hydrogens (primary N) is 1. The summed E-state index contributed by atoms with van der Waals surface area (Å²) < 4.78 is 0. The molecule has 0 bridgehead atoms. The number of H-pyrrole nitrogens is 1. The summed E-state index contributed by atoms with van der Waals surface area (Å²) >= 11 is 0. The summed E-state index contributed by atoms with van der Waals surface area (Å²) in [5.74, 6) is -2.62. The van der Waals surface area contributed by atoms with E-state index in [2.05, 4.69) is 20.6 Å². The number of carboxylic acids is 1. The predicted molar refractivity (Wildman–Crippen MR) is 93.3 cm³/mol. The van der Waals surface area contributed by atoms with Crippen LogP contribution in [0.3, 0.4) is 0 Å². The maximum Gasteiger partial charge on any atom is 0.326 e. The van der Waals surface area contributed by atoms with Crippen molar-refractivity contribution in [1.29, 1.82) is 0 Å². The third-order valence-electron chi connectivity index (χ3n) is 4.26. The minimum absolute atomic E-state index is 0.0360. The average Bonchev–Trinajstić information content (AvgIpc) is 3.29.